The Balaban J connectivity index is 1.86. The van der Waals surface area contributed by atoms with Gasteiger partial charge < -0.3 is 10.1 Å². The fourth-order valence-electron chi connectivity index (χ4n) is 3.52. The average molecular weight is 474 g/mol. The molecule has 176 valence electrons. The van der Waals surface area contributed by atoms with Crippen molar-refractivity contribution in [3.63, 3.8) is 0 Å². The summed E-state index contributed by atoms with van der Waals surface area (Å²) in [7, 11) is 1.47. The number of ether oxygens (including phenoxy) is 1. The summed E-state index contributed by atoms with van der Waals surface area (Å²) in [5.41, 5.74) is 0.794. The number of anilines is 2. The van der Waals surface area contributed by atoms with Gasteiger partial charge in [0.25, 0.3) is 11.8 Å². The van der Waals surface area contributed by atoms with E-state index in [0.29, 0.717) is 17.0 Å². The summed E-state index contributed by atoms with van der Waals surface area (Å²) in [5, 5.41) is 2.71. The van der Waals surface area contributed by atoms with Gasteiger partial charge in [0, 0.05) is 23.8 Å². The minimum absolute atomic E-state index is 0.0424. The SMILES string of the molecule is COc1cccc([C@@H](C(=O)Nc2ccc(F)cc2)N(C(=O)c2cnccn2)c2cccc(F)c2)c1. The minimum atomic E-state index is -1.27. The van der Waals surface area contributed by atoms with Gasteiger partial charge in [0.1, 0.15) is 29.1 Å². The zero-order chi connectivity index (χ0) is 24.8. The van der Waals surface area contributed by atoms with Gasteiger partial charge in [0.05, 0.1) is 13.3 Å². The summed E-state index contributed by atoms with van der Waals surface area (Å²) in [6.45, 7) is 0. The highest BCUT2D eigenvalue weighted by atomic mass is 19.1. The van der Waals surface area contributed by atoms with Crippen molar-refractivity contribution in [2.75, 3.05) is 17.3 Å². The number of nitrogens with zero attached hydrogens (tertiary/aromatic N) is 3. The normalized spacial score (nSPS) is 11.4. The molecule has 0 aliphatic carbocycles. The number of rotatable bonds is 7. The van der Waals surface area contributed by atoms with Crippen molar-refractivity contribution in [3.8, 4) is 5.75 Å². The monoisotopic (exact) mass is 474 g/mol. The number of benzene rings is 3. The Morgan fingerprint density at radius 2 is 1.71 bits per heavy atom. The first-order chi connectivity index (χ1) is 17.0. The van der Waals surface area contributed by atoms with E-state index in [1.165, 1.54) is 68.2 Å². The van der Waals surface area contributed by atoms with Crippen LogP contribution in [0.4, 0.5) is 20.2 Å². The van der Waals surface area contributed by atoms with Crippen LogP contribution in [0, 0.1) is 11.6 Å². The molecule has 4 aromatic rings. The molecule has 35 heavy (non-hydrogen) atoms. The molecular weight excluding hydrogens is 454 g/mol. The quantitative estimate of drug-likeness (QED) is 0.416. The van der Waals surface area contributed by atoms with Crippen LogP contribution in [-0.2, 0) is 4.79 Å². The molecule has 7 nitrogen and oxygen atoms in total. The van der Waals surface area contributed by atoms with Crippen molar-refractivity contribution in [1.82, 2.24) is 9.97 Å². The maximum absolute atomic E-state index is 14.2. The molecule has 0 radical (unpaired) electrons. The van der Waals surface area contributed by atoms with Gasteiger partial charge >= 0.3 is 0 Å². The third-order valence-electron chi connectivity index (χ3n) is 5.12. The maximum Gasteiger partial charge on any atom is 0.279 e. The number of nitrogens with one attached hydrogen (secondary N) is 1. The van der Waals surface area contributed by atoms with Gasteiger partial charge in [-0.2, -0.15) is 0 Å². The number of aromatic nitrogens is 2. The zero-order valence-electron chi connectivity index (χ0n) is 18.6. The molecule has 0 unspecified atom stereocenters. The Labute approximate surface area is 200 Å². The number of methoxy groups -OCH3 is 1. The Kier molecular flexibility index (Phi) is 7.06. The van der Waals surface area contributed by atoms with E-state index in [2.05, 4.69) is 15.3 Å². The minimum Gasteiger partial charge on any atom is -0.497 e. The molecule has 0 aliphatic rings. The molecule has 1 aromatic heterocycles. The molecule has 1 N–H and O–H groups in total. The molecular formula is C26H20F2N4O3. The van der Waals surface area contributed by atoms with Crippen molar-refractivity contribution in [2.45, 2.75) is 6.04 Å². The number of halogens is 2. The first-order valence-corrected chi connectivity index (χ1v) is 10.5. The number of carbonyl (C=O) groups is 2. The number of hydrogen-bond acceptors (Lipinski definition) is 5. The largest absolute Gasteiger partial charge is 0.497 e. The van der Waals surface area contributed by atoms with Crippen LogP contribution in [0.3, 0.4) is 0 Å². The van der Waals surface area contributed by atoms with Crippen LogP contribution in [0.15, 0.2) is 91.4 Å². The molecule has 9 heteroatoms. The third kappa shape index (κ3) is 5.47. The van der Waals surface area contributed by atoms with Crippen LogP contribution in [-0.4, -0.2) is 28.9 Å². The lowest BCUT2D eigenvalue weighted by atomic mass is 10.0. The van der Waals surface area contributed by atoms with Crippen LogP contribution in [0.25, 0.3) is 0 Å². The number of amides is 2. The predicted octanol–water partition coefficient (Wildman–Crippen LogP) is 4.79. The molecule has 4 rings (SSSR count). The summed E-state index contributed by atoms with van der Waals surface area (Å²) in [6.07, 6.45) is 4.01. The zero-order valence-corrected chi connectivity index (χ0v) is 18.6. The molecule has 0 spiro atoms. The Morgan fingerprint density at radius 1 is 0.943 bits per heavy atom. The summed E-state index contributed by atoms with van der Waals surface area (Å²) in [4.78, 5) is 36.5. The van der Waals surface area contributed by atoms with Crippen molar-refractivity contribution in [3.05, 3.63) is 114 Å². The van der Waals surface area contributed by atoms with Gasteiger partial charge in [-0.05, 0) is 60.2 Å². The van der Waals surface area contributed by atoms with E-state index in [0.717, 1.165) is 11.0 Å². The van der Waals surface area contributed by atoms with Crippen LogP contribution in [0.2, 0.25) is 0 Å². The Hall–Kier alpha value is -4.66. The Bertz CT molecular complexity index is 1330. The van der Waals surface area contributed by atoms with Crippen molar-refractivity contribution in [2.24, 2.45) is 0 Å². The molecule has 0 saturated carbocycles. The molecule has 0 saturated heterocycles. The van der Waals surface area contributed by atoms with Gasteiger partial charge in [0.2, 0.25) is 0 Å². The lowest BCUT2D eigenvalue weighted by molar-refractivity contribution is -0.117. The second kappa shape index (κ2) is 10.5. The molecule has 0 bridgehead atoms. The summed E-state index contributed by atoms with van der Waals surface area (Å²) >= 11 is 0. The third-order valence-corrected chi connectivity index (χ3v) is 5.12. The molecule has 1 atom stereocenters. The average Bonchev–Trinajstić information content (AvgIpc) is 2.88. The van der Waals surface area contributed by atoms with Crippen LogP contribution < -0.4 is 15.0 Å². The van der Waals surface area contributed by atoms with Crippen LogP contribution >= 0.6 is 0 Å². The van der Waals surface area contributed by atoms with Gasteiger partial charge in [0.15, 0.2) is 0 Å². The van der Waals surface area contributed by atoms with Crippen molar-refractivity contribution in [1.29, 1.82) is 0 Å². The molecule has 0 aliphatic heterocycles. The van der Waals surface area contributed by atoms with Crippen molar-refractivity contribution < 1.29 is 23.1 Å². The van der Waals surface area contributed by atoms with Gasteiger partial charge in [-0.15, -0.1) is 0 Å². The second-order valence-corrected chi connectivity index (χ2v) is 7.42. The highest BCUT2D eigenvalue weighted by Crippen LogP contribution is 2.32. The van der Waals surface area contributed by atoms with E-state index in [4.69, 9.17) is 4.74 Å². The van der Waals surface area contributed by atoms with Gasteiger partial charge in [-0.25, -0.2) is 13.8 Å². The highest BCUT2D eigenvalue weighted by Gasteiger charge is 2.34. The van der Waals surface area contributed by atoms with E-state index >= 15 is 0 Å². The van der Waals surface area contributed by atoms with E-state index in [1.54, 1.807) is 24.3 Å². The maximum atomic E-state index is 14.2. The molecule has 1 heterocycles. The lowest BCUT2D eigenvalue weighted by Crippen LogP contribution is -2.42. The smallest absolute Gasteiger partial charge is 0.279 e. The highest BCUT2D eigenvalue weighted by molar-refractivity contribution is 6.11. The van der Waals surface area contributed by atoms with Gasteiger partial charge in [-0.3, -0.25) is 19.5 Å². The molecule has 3 aromatic carbocycles. The van der Waals surface area contributed by atoms with Crippen LogP contribution in [0.5, 0.6) is 5.75 Å². The molecule has 2 amide bonds. The van der Waals surface area contributed by atoms with E-state index in [9.17, 15) is 18.4 Å². The lowest BCUT2D eigenvalue weighted by Gasteiger charge is -2.31. The fourth-order valence-corrected chi connectivity index (χ4v) is 3.52. The summed E-state index contributed by atoms with van der Waals surface area (Å²) < 4.78 is 32.9. The van der Waals surface area contributed by atoms with E-state index < -0.39 is 29.5 Å². The number of carbonyl (C=O) groups excluding carboxylic acids is 2. The number of hydrogen-bond donors (Lipinski definition) is 1. The summed E-state index contributed by atoms with van der Waals surface area (Å²) in [6, 6.07) is 15.8. The topological polar surface area (TPSA) is 84.4 Å². The van der Waals surface area contributed by atoms with Crippen molar-refractivity contribution >= 4 is 23.2 Å². The first-order valence-electron chi connectivity index (χ1n) is 10.5. The fraction of sp³-hybridized carbons (Fsp3) is 0.0769. The standard InChI is InChI=1S/C26H20F2N4O3/c1-35-22-7-2-4-17(14-22)24(25(33)31-20-10-8-18(27)9-11-20)32(21-6-3-5-19(28)15-21)26(34)23-16-29-12-13-30-23/h2-16,24H,1H3,(H,31,33)/t24-/m0/s1. The second-order valence-electron chi connectivity index (χ2n) is 7.42. The molecule has 0 fully saturated rings. The Morgan fingerprint density at radius 3 is 2.40 bits per heavy atom. The van der Waals surface area contributed by atoms with E-state index in [-0.39, 0.29) is 11.4 Å². The summed E-state index contributed by atoms with van der Waals surface area (Å²) in [5.74, 6) is -1.90. The van der Waals surface area contributed by atoms with E-state index in [1.807, 2.05) is 0 Å². The first kappa shape index (κ1) is 23.5. The predicted molar refractivity (Wildman–Crippen MR) is 126 cm³/mol. The van der Waals surface area contributed by atoms with Gasteiger partial charge in [-0.1, -0.05) is 18.2 Å². The van der Waals surface area contributed by atoms with Crippen LogP contribution in [0.1, 0.15) is 22.1 Å².